The van der Waals surface area contributed by atoms with E-state index < -0.39 is 10.0 Å². The predicted molar refractivity (Wildman–Crippen MR) is 152 cm³/mol. The van der Waals surface area contributed by atoms with Gasteiger partial charge >= 0.3 is 0 Å². The van der Waals surface area contributed by atoms with Gasteiger partial charge in [0.1, 0.15) is 17.0 Å². The zero-order chi connectivity index (χ0) is 27.6. The summed E-state index contributed by atoms with van der Waals surface area (Å²) in [7, 11) is -0.756. The Hall–Kier alpha value is -3.38. The summed E-state index contributed by atoms with van der Waals surface area (Å²) in [5.74, 6) is 0.831. The van der Waals surface area contributed by atoms with Gasteiger partial charge in [-0.3, -0.25) is 14.4 Å². The number of rotatable bonds is 9. The maximum Gasteiger partial charge on any atom is 0.261 e. The SMILES string of the molecule is COc1ccc(S(=O)(=O)Nc2ccc(C(=O)N(CC3CCCO3)c3nc4c(OC)ccc(Cl)c4s3)cc2)cc1. The van der Waals surface area contributed by atoms with E-state index in [1.165, 1.54) is 30.6 Å². The first-order valence-corrected chi connectivity index (χ1v) is 14.8. The van der Waals surface area contributed by atoms with Crippen molar-refractivity contribution >= 4 is 59.9 Å². The molecule has 1 amide bonds. The number of fused-ring (bicyclic) bond motifs is 1. The molecule has 5 rings (SSSR count). The van der Waals surface area contributed by atoms with Gasteiger partial charge in [0, 0.05) is 17.9 Å². The van der Waals surface area contributed by atoms with E-state index in [1.807, 2.05) is 0 Å². The number of sulfonamides is 1. The summed E-state index contributed by atoms with van der Waals surface area (Å²) >= 11 is 7.73. The third-order valence-electron chi connectivity index (χ3n) is 6.31. The fourth-order valence-corrected chi connectivity index (χ4v) is 6.59. The Bertz CT molecular complexity index is 1580. The molecule has 2 heterocycles. The number of nitrogens with one attached hydrogen (secondary N) is 1. The van der Waals surface area contributed by atoms with Gasteiger partial charge in [-0.25, -0.2) is 13.4 Å². The number of nitrogens with zero attached hydrogens (tertiary/aromatic N) is 2. The van der Waals surface area contributed by atoms with Gasteiger partial charge in [0.25, 0.3) is 15.9 Å². The van der Waals surface area contributed by atoms with Gasteiger partial charge < -0.3 is 14.2 Å². The number of hydrogen-bond donors (Lipinski definition) is 1. The maximum atomic E-state index is 13.7. The molecule has 12 heteroatoms. The first kappa shape index (κ1) is 27.2. The lowest BCUT2D eigenvalue weighted by Crippen LogP contribution is -2.37. The van der Waals surface area contributed by atoms with Gasteiger partial charge in [-0.2, -0.15) is 0 Å². The highest BCUT2D eigenvalue weighted by Gasteiger charge is 2.28. The van der Waals surface area contributed by atoms with E-state index in [-0.39, 0.29) is 16.9 Å². The van der Waals surface area contributed by atoms with E-state index >= 15 is 0 Å². The second-order valence-corrected chi connectivity index (χ2v) is 11.9. The van der Waals surface area contributed by atoms with Crippen LogP contribution in [-0.4, -0.2) is 52.8 Å². The Balaban J connectivity index is 1.41. The van der Waals surface area contributed by atoms with E-state index in [0.717, 1.165) is 17.5 Å². The van der Waals surface area contributed by atoms with Crippen LogP contribution in [0.5, 0.6) is 11.5 Å². The monoisotopic (exact) mass is 587 g/mol. The number of aromatic nitrogens is 1. The molecule has 1 unspecified atom stereocenters. The predicted octanol–water partition coefficient (Wildman–Crippen LogP) is 5.59. The molecule has 1 atom stereocenters. The van der Waals surface area contributed by atoms with Gasteiger partial charge in [0.15, 0.2) is 5.13 Å². The molecule has 0 saturated carbocycles. The number of amides is 1. The van der Waals surface area contributed by atoms with Crippen molar-refractivity contribution in [2.24, 2.45) is 0 Å². The van der Waals surface area contributed by atoms with E-state index in [1.54, 1.807) is 60.5 Å². The molecular formula is C27H26ClN3O6S2. The summed E-state index contributed by atoms with van der Waals surface area (Å²) < 4.78 is 45.2. The largest absolute Gasteiger partial charge is 0.497 e. The molecule has 1 aliphatic heterocycles. The number of carbonyl (C=O) groups excluding carboxylic acids is 1. The number of hydrogen-bond acceptors (Lipinski definition) is 8. The van der Waals surface area contributed by atoms with Crippen LogP contribution in [0.1, 0.15) is 23.2 Å². The first-order valence-electron chi connectivity index (χ1n) is 12.1. The molecule has 4 aromatic rings. The lowest BCUT2D eigenvalue weighted by Gasteiger charge is -2.23. The topological polar surface area (TPSA) is 107 Å². The van der Waals surface area contributed by atoms with Gasteiger partial charge in [-0.05, 0) is 73.5 Å². The van der Waals surface area contributed by atoms with Crippen molar-refractivity contribution < 1.29 is 27.4 Å². The fourth-order valence-electron chi connectivity index (χ4n) is 4.27. The highest BCUT2D eigenvalue weighted by Crippen LogP contribution is 2.39. The summed E-state index contributed by atoms with van der Waals surface area (Å²) in [6.45, 7) is 0.972. The first-order chi connectivity index (χ1) is 18.8. The van der Waals surface area contributed by atoms with Crippen LogP contribution in [0.15, 0.2) is 65.6 Å². The second kappa shape index (κ2) is 11.4. The minimum atomic E-state index is -3.82. The number of halogens is 1. The Morgan fingerprint density at radius 1 is 1.10 bits per heavy atom. The summed E-state index contributed by atoms with van der Waals surface area (Å²) in [4.78, 5) is 20.1. The van der Waals surface area contributed by atoms with Crippen molar-refractivity contribution in [2.45, 2.75) is 23.8 Å². The van der Waals surface area contributed by atoms with Crippen LogP contribution in [0.3, 0.4) is 0 Å². The van der Waals surface area contributed by atoms with Crippen LogP contribution in [0.25, 0.3) is 10.2 Å². The molecule has 0 aliphatic carbocycles. The Labute approximate surface area is 235 Å². The Morgan fingerprint density at radius 3 is 2.49 bits per heavy atom. The van der Waals surface area contributed by atoms with Crippen LogP contribution in [0.2, 0.25) is 5.02 Å². The second-order valence-electron chi connectivity index (χ2n) is 8.83. The van der Waals surface area contributed by atoms with Crippen molar-refractivity contribution in [2.75, 3.05) is 37.0 Å². The fraction of sp³-hybridized carbons (Fsp3) is 0.259. The van der Waals surface area contributed by atoms with Gasteiger partial charge in [0.05, 0.1) is 41.5 Å². The van der Waals surface area contributed by atoms with E-state index in [0.29, 0.717) is 51.6 Å². The molecule has 0 spiro atoms. The van der Waals surface area contributed by atoms with Crippen LogP contribution in [0.4, 0.5) is 10.8 Å². The van der Waals surface area contributed by atoms with Gasteiger partial charge in [-0.1, -0.05) is 22.9 Å². The molecule has 1 N–H and O–H groups in total. The lowest BCUT2D eigenvalue weighted by atomic mass is 10.1. The molecule has 0 bridgehead atoms. The van der Waals surface area contributed by atoms with Gasteiger partial charge in [-0.15, -0.1) is 0 Å². The lowest BCUT2D eigenvalue weighted by molar-refractivity contribution is 0.0917. The zero-order valence-corrected chi connectivity index (χ0v) is 23.6. The van der Waals surface area contributed by atoms with Crippen molar-refractivity contribution in [1.29, 1.82) is 0 Å². The van der Waals surface area contributed by atoms with Gasteiger partial charge in [0.2, 0.25) is 0 Å². The van der Waals surface area contributed by atoms with Crippen LogP contribution in [-0.2, 0) is 14.8 Å². The molecule has 1 aromatic heterocycles. The molecular weight excluding hydrogens is 562 g/mol. The minimum absolute atomic E-state index is 0.0936. The quantitative estimate of drug-likeness (QED) is 0.272. The average molecular weight is 588 g/mol. The minimum Gasteiger partial charge on any atom is -0.497 e. The normalized spacial score (nSPS) is 15.3. The van der Waals surface area contributed by atoms with E-state index in [2.05, 4.69) is 4.72 Å². The number of ether oxygens (including phenoxy) is 3. The molecule has 1 aliphatic rings. The summed E-state index contributed by atoms with van der Waals surface area (Å²) in [5.41, 5.74) is 1.28. The molecule has 9 nitrogen and oxygen atoms in total. The molecule has 1 fully saturated rings. The molecule has 0 radical (unpaired) electrons. The van der Waals surface area contributed by atoms with Crippen LogP contribution < -0.4 is 19.1 Å². The number of carbonyl (C=O) groups is 1. The maximum absolute atomic E-state index is 13.7. The number of anilines is 2. The highest BCUT2D eigenvalue weighted by atomic mass is 35.5. The summed E-state index contributed by atoms with van der Waals surface area (Å²) in [6.07, 6.45) is 1.65. The molecule has 204 valence electrons. The third kappa shape index (κ3) is 5.81. The Kier molecular flexibility index (Phi) is 7.94. The highest BCUT2D eigenvalue weighted by molar-refractivity contribution is 7.92. The van der Waals surface area contributed by atoms with Crippen molar-refractivity contribution in [3.05, 3.63) is 71.2 Å². The van der Waals surface area contributed by atoms with Crippen molar-refractivity contribution in [3.8, 4) is 11.5 Å². The zero-order valence-electron chi connectivity index (χ0n) is 21.2. The summed E-state index contributed by atoms with van der Waals surface area (Å²) in [6, 6.07) is 15.8. The smallest absolute Gasteiger partial charge is 0.261 e. The molecule has 1 saturated heterocycles. The standard InChI is InChI=1S/C27H26ClN3O6S2/c1-35-19-9-11-21(12-10-19)39(33,34)30-18-7-5-17(6-8-18)26(32)31(16-20-4-3-15-37-20)27-29-24-23(36-2)14-13-22(28)25(24)38-27/h5-14,20,30H,3-4,15-16H2,1-2H3. The molecule has 39 heavy (non-hydrogen) atoms. The number of methoxy groups -OCH3 is 2. The Morgan fingerprint density at radius 2 is 1.85 bits per heavy atom. The number of thiazole rings is 1. The average Bonchev–Trinajstić information content (AvgIpc) is 3.63. The summed E-state index contributed by atoms with van der Waals surface area (Å²) in [5, 5.41) is 0.994. The van der Waals surface area contributed by atoms with E-state index in [9.17, 15) is 13.2 Å². The van der Waals surface area contributed by atoms with Crippen LogP contribution >= 0.6 is 22.9 Å². The van der Waals surface area contributed by atoms with Crippen molar-refractivity contribution in [3.63, 3.8) is 0 Å². The van der Waals surface area contributed by atoms with Crippen LogP contribution in [0, 0.1) is 0 Å². The van der Waals surface area contributed by atoms with E-state index in [4.69, 9.17) is 30.8 Å². The molecule has 3 aromatic carbocycles. The van der Waals surface area contributed by atoms with Crippen molar-refractivity contribution in [1.82, 2.24) is 4.98 Å². The third-order valence-corrected chi connectivity index (χ3v) is 9.24. The number of benzene rings is 3.